The monoisotopic (exact) mass is 167 g/mol. The van der Waals surface area contributed by atoms with Crippen LogP contribution < -0.4 is 5.32 Å². The summed E-state index contributed by atoms with van der Waals surface area (Å²) in [6, 6.07) is 0. The van der Waals surface area contributed by atoms with Crippen LogP contribution in [0.4, 0.5) is 0 Å². The summed E-state index contributed by atoms with van der Waals surface area (Å²) in [6.45, 7) is 7.38. The molecule has 2 unspecified atom stereocenters. The fourth-order valence-electron chi connectivity index (χ4n) is 3.19. The van der Waals surface area contributed by atoms with Gasteiger partial charge in [-0.1, -0.05) is 26.7 Å². The van der Waals surface area contributed by atoms with Crippen molar-refractivity contribution in [3.63, 3.8) is 0 Å². The lowest BCUT2D eigenvalue weighted by Crippen LogP contribution is -2.49. The first-order chi connectivity index (χ1) is 5.70. The van der Waals surface area contributed by atoms with Crippen LogP contribution in [0, 0.1) is 17.3 Å². The molecule has 0 bridgehead atoms. The Bertz CT molecular complexity index is 160. The van der Waals surface area contributed by atoms with E-state index in [0.29, 0.717) is 5.41 Å². The molecular weight excluding hydrogens is 146 g/mol. The topological polar surface area (TPSA) is 12.0 Å². The molecule has 1 saturated heterocycles. The average Bonchev–Trinajstić information content (AvgIpc) is 2.04. The van der Waals surface area contributed by atoms with Crippen LogP contribution in [0.3, 0.4) is 0 Å². The standard InChI is InChI=1S/C11H21N/c1-11(2)8-12-7-9-5-3-4-6-10(9)11/h9-10,12H,3-8H2,1-2H3. The molecule has 2 rings (SSSR count). The lowest BCUT2D eigenvalue weighted by atomic mass is 9.63. The van der Waals surface area contributed by atoms with Crippen molar-refractivity contribution in [3.05, 3.63) is 0 Å². The van der Waals surface area contributed by atoms with Gasteiger partial charge in [0.15, 0.2) is 0 Å². The van der Waals surface area contributed by atoms with E-state index < -0.39 is 0 Å². The van der Waals surface area contributed by atoms with Crippen LogP contribution in [-0.2, 0) is 0 Å². The predicted molar refractivity (Wildman–Crippen MR) is 52.1 cm³/mol. The molecule has 70 valence electrons. The van der Waals surface area contributed by atoms with Gasteiger partial charge in [-0.25, -0.2) is 0 Å². The highest BCUT2D eigenvalue weighted by atomic mass is 14.9. The van der Waals surface area contributed by atoms with E-state index in [4.69, 9.17) is 0 Å². The zero-order valence-electron chi connectivity index (χ0n) is 8.40. The number of nitrogens with one attached hydrogen (secondary N) is 1. The largest absolute Gasteiger partial charge is 0.316 e. The quantitative estimate of drug-likeness (QED) is 0.584. The fraction of sp³-hybridized carbons (Fsp3) is 1.00. The fourth-order valence-corrected chi connectivity index (χ4v) is 3.19. The molecule has 2 atom stereocenters. The Morgan fingerprint density at radius 2 is 1.92 bits per heavy atom. The molecular formula is C11H21N. The molecule has 1 aliphatic carbocycles. The van der Waals surface area contributed by atoms with Gasteiger partial charge in [0, 0.05) is 6.54 Å². The Morgan fingerprint density at radius 3 is 2.67 bits per heavy atom. The van der Waals surface area contributed by atoms with Gasteiger partial charge >= 0.3 is 0 Å². The van der Waals surface area contributed by atoms with Crippen molar-refractivity contribution in [2.24, 2.45) is 17.3 Å². The van der Waals surface area contributed by atoms with Gasteiger partial charge in [-0.15, -0.1) is 0 Å². The van der Waals surface area contributed by atoms with Crippen LogP contribution in [0.2, 0.25) is 0 Å². The molecule has 1 heteroatoms. The summed E-state index contributed by atoms with van der Waals surface area (Å²) in [6.07, 6.45) is 5.91. The van der Waals surface area contributed by atoms with Crippen LogP contribution in [-0.4, -0.2) is 13.1 Å². The van der Waals surface area contributed by atoms with E-state index in [0.717, 1.165) is 11.8 Å². The first-order valence-electron chi connectivity index (χ1n) is 5.41. The zero-order valence-corrected chi connectivity index (χ0v) is 8.40. The van der Waals surface area contributed by atoms with Gasteiger partial charge in [0.05, 0.1) is 0 Å². The van der Waals surface area contributed by atoms with Crippen molar-refractivity contribution in [2.45, 2.75) is 39.5 Å². The summed E-state index contributed by atoms with van der Waals surface area (Å²) in [5, 5.41) is 3.57. The molecule has 1 heterocycles. The first-order valence-corrected chi connectivity index (χ1v) is 5.41. The summed E-state index contributed by atoms with van der Waals surface area (Å²) >= 11 is 0. The van der Waals surface area contributed by atoms with Crippen LogP contribution in [0.5, 0.6) is 0 Å². The molecule has 1 aliphatic heterocycles. The summed E-state index contributed by atoms with van der Waals surface area (Å²) < 4.78 is 0. The number of fused-ring (bicyclic) bond motifs is 1. The number of hydrogen-bond acceptors (Lipinski definition) is 1. The van der Waals surface area contributed by atoms with Crippen molar-refractivity contribution in [1.82, 2.24) is 5.32 Å². The smallest absolute Gasteiger partial charge is 0.000540 e. The molecule has 0 spiro atoms. The van der Waals surface area contributed by atoms with Crippen LogP contribution in [0.25, 0.3) is 0 Å². The molecule has 2 fully saturated rings. The van der Waals surface area contributed by atoms with Crippen molar-refractivity contribution in [2.75, 3.05) is 13.1 Å². The van der Waals surface area contributed by atoms with Crippen LogP contribution in [0.15, 0.2) is 0 Å². The minimum Gasteiger partial charge on any atom is -0.316 e. The molecule has 0 aromatic carbocycles. The molecule has 2 aliphatic rings. The molecule has 1 saturated carbocycles. The third-order valence-electron chi connectivity index (χ3n) is 3.90. The third-order valence-corrected chi connectivity index (χ3v) is 3.90. The Balaban J connectivity index is 2.09. The molecule has 1 N–H and O–H groups in total. The molecule has 0 radical (unpaired) electrons. The lowest BCUT2D eigenvalue weighted by molar-refractivity contribution is 0.0559. The summed E-state index contributed by atoms with van der Waals surface area (Å²) in [7, 11) is 0. The Labute approximate surface area is 75.9 Å². The highest BCUT2D eigenvalue weighted by Crippen LogP contribution is 2.43. The number of hydrogen-bond donors (Lipinski definition) is 1. The zero-order chi connectivity index (χ0) is 8.60. The van der Waals surface area contributed by atoms with Gasteiger partial charge in [-0.2, -0.15) is 0 Å². The SMILES string of the molecule is CC1(C)CNCC2CCCCC21. The maximum Gasteiger partial charge on any atom is 0.000540 e. The van der Waals surface area contributed by atoms with Gasteiger partial charge < -0.3 is 5.32 Å². The van der Waals surface area contributed by atoms with Gasteiger partial charge in [-0.05, 0) is 36.6 Å². The van der Waals surface area contributed by atoms with Crippen LogP contribution >= 0.6 is 0 Å². The van der Waals surface area contributed by atoms with Crippen molar-refractivity contribution in [3.8, 4) is 0 Å². The second-order valence-electron chi connectivity index (χ2n) is 5.27. The van der Waals surface area contributed by atoms with E-state index in [-0.39, 0.29) is 0 Å². The van der Waals surface area contributed by atoms with Crippen molar-refractivity contribution < 1.29 is 0 Å². The first kappa shape index (κ1) is 8.55. The second-order valence-corrected chi connectivity index (χ2v) is 5.27. The summed E-state index contributed by atoms with van der Waals surface area (Å²) in [4.78, 5) is 0. The molecule has 0 amide bonds. The molecule has 0 aromatic heterocycles. The van der Waals surface area contributed by atoms with Gasteiger partial charge in [0.25, 0.3) is 0 Å². The van der Waals surface area contributed by atoms with Crippen LogP contribution in [0.1, 0.15) is 39.5 Å². The van der Waals surface area contributed by atoms with E-state index >= 15 is 0 Å². The van der Waals surface area contributed by atoms with E-state index in [2.05, 4.69) is 19.2 Å². The highest BCUT2D eigenvalue weighted by Gasteiger charge is 2.39. The lowest BCUT2D eigenvalue weighted by Gasteiger charge is -2.47. The Morgan fingerprint density at radius 1 is 1.17 bits per heavy atom. The van der Waals surface area contributed by atoms with Gasteiger partial charge in [-0.3, -0.25) is 0 Å². The Hall–Kier alpha value is -0.0400. The van der Waals surface area contributed by atoms with E-state index in [1.165, 1.54) is 38.8 Å². The van der Waals surface area contributed by atoms with Crippen molar-refractivity contribution >= 4 is 0 Å². The molecule has 0 aromatic rings. The minimum atomic E-state index is 0.559. The molecule has 1 nitrogen and oxygen atoms in total. The summed E-state index contributed by atoms with van der Waals surface area (Å²) in [5.41, 5.74) is 0.559. The number of rotatable bonds is 0. The average molecular weight is 167 g/mol. The Kier molecular flexibility index (Phi) is 2.16. The minimum absolute atomic E-state index is 0.559. The van der Waals surface area contributed by atoms with E-state index in [1.807, 2.05) is 0 Å². The van der Waals surface area contributed by atoms with E-state index in [1.54, 1.807) is 0 Å². The van der Waals surface area contributed by atoms with E-state index in [9.17, 15) is 0 Å². The van der Waals surface area contributed by atoms with Crippen molar-refractivity contribution in [1.29, 1.82) is 0 Å². The predicted octanol–water partition coefficient (Wildman–Crippen LogP) is 2.42. The number of piperidine rings is 1. The van der Waals surface area contributed by atoms with Gasteiger partial charge in [0.1, 0.15) is 0 Å². The second kappa shape index (κ2) is 3.02. The normalized spacial score (nSPS) is 40.5. The molecule has 12 heavy (non-hydrogen) atoms. The summed E-state index contributed by atoms with van der Waals surface area (Å²) in [5.74, 6) is 2.00. The maximum atomic E-state index is 3.57. The highest BCUT2D eigenvalue weighted by molar-refractivity contribution is 4.92. The third kappa shape index (κ3) is 1.39. The van der Waals surface area contributed by atoms with Gasteiger partial charge in [0.2, 0.25) is 0 Å². The maximum absolute atomic E-state index is 3.57.